The van der Waals surface area contributed by atoms with Gasteiger partial charge in [-0.1, -0.05) is 41.4 Å². The van der Waals surface area contributed by atoms with Gasteiger partial charge in [0.1, 0.15) is 0 Å². The first-order valence-electron chi connectivity index (χ1n) is 5.57. The van der Waals surface area contributed by atoms with Crippen LogP contribution < -0.4 is 10.6 Å². The molecule has 0 atom stereocenters. The largest absolute Gasteiger partial charge is 0.397 e. The van der Waals surface area contributed by atoms with E-state index in [0.29, 0.717) is 10.0 Å². The highest BCUT2D eigenvalue weighted by atomic mass is 35.5. The van der Waals surface area contributed by atoms with Crippen molar-refractivity contribution >= 4 is 34.6 Å². The molecule has 2 N–H and O–H groups in total. The molecule has 0 amide bonds. The third-order valence-corrected chi connectivity index (χ3v) is 3.49. The predicted molar refractivity (Wildman–Crippen MR) is 79.4 cm³/mol. The molecule has 2 rings (SSSR count). The minimum absolute atomic E-state index is 0.572. The van der Waals surface area contributed by atoms with E-state index in [-0.39, 0.29) is 0 Å². The number of anilines is 2. The summed E-state index contributed by atoms with van der Waals surface area (Å²) in [4.78, 5) is 2.08. The van der Waals surface area contributed by atoms with Crippen molar-refractivity contribution in [1.82, 2.24) is 0 Å². The first kappa shape index (κ1) is 13.1. The van der Waals surface area contributed by atoms with E-state index < -0.39 is 0 Å². The van der Waals surface area contributed by atoms with Crippen LogP contribution in [0.4, 0.5) is 11.4 Å². The van der Waals surface area contributed by atoms with Gasteiger partial charge < -0.3 is 10.6 Å². The summed E-state index contributed by atoms with van der Waals surface area (Å²) in [5.41, 5.74) is 8.80. The standard InChI is InChI=1S/C14H14Cl2N2/c1-18(14-5-3-2-4-13(14)17)9-10-6-7-11(15)12(16)8-10/h2-8H,9,17H2,1H3. The number of benzene rings is 2. The number of nitrogens with two attached hydrogens (primary N) is 1. The number of nitrogens with zero attached hydrogens (tertiary/aromatic N) is 1. The predicted octanol–water partition coefficient (Wildman–Crippen LogP) is 4.21. The van der Waals surface area contributed by atoms with Gasteiger partial charge in [0.25, 0.3) is 0 Å². The Morgan fingerprint density at radius 3 is 2.44 bits per heavy atom. The van der Waals surface area contributed by atoms with E-state index in [2.05, 4.69) is 4.90 Å². The van der Waals surface area contributed by atoms with Crippen LogP contribution in [0.25, 0.3) is 0 Å². The molecular weight excluding hydrogens is 267 g/mol. The van der Waals surface area contributed by atoms with Crippen LogP contribution >= 0.6 is 23.2 Å². The second kappa shape index (κ2) is 5.51. The maximum atomic E-state index is 6.00. The van der Waals surface area contributed by atoms with Gasteiger partial charge in [-0.3, -0.25) is 0 Å². The van der Waals surface area contributed by atoms with Gasteiger partial charge in [-0.2, -0.15) is 0 Å². The zero-order chi connectivity index (χ0) is 13.1. The van der Waals surface area contributed by atoms with Crippen molar-refractivity contribution in [2.24, 2.45) is 0 Å². The molecule has 0 saturated carbocycles. The molecule has 18 heavy (non-hydrogen) atoms. The molecule has 0 aliphatic carbocycles. The van der Waals surface area contributed by atoms with Gasteiger partial charge in [0.15, 0.2) is 0 Å². The maximum Gasteiger partial charge on any atom is 0.0600 e. The summed E-state index contributed by atoms with van der Waals surface area (Å²) >= 11 is 11.9. The number of hydrogen-bond donors (Lipinski definition) is 1. The summed E-state index contributed by atoms with van der Waals surface area (Å²) in [5.74, 6) is 0. The molecular formula is C14H14Cl2N2. The molecule has 2 aromatic rings. The second-order valence-electron chi connectivity index (χ2n) is 4.16. The molecule has 0 spiro atoms. The average molecular weight is 281 g/mol. The smallest absolute Gasteiger partial charge is 0.0600 e. The van der Waals surface area contributed by atoms with Crippen LogP contribution in [-0.2, 0) is 6.54 Å². The van der Waals surface area contributed by atoms with Crippen LogP contribution in [0, 0.1) is 0 Å². The number of para-hydroxylation sites is 2. The molecule has 94 valence electrons. The molecule has 0 aliphatic heterocycles. The molecule has 0 fully saturated rings. The van der Waals surface area contributed by atoms with Crippen molar-refractivity contribution in [2.75, 3.05) is 17.7 Å². The average Bonchev–Trinajstić information content (AvgIpc) is 2.34. The van der Waals surface area contributed by atoms with Crippen LogP contribution in [-0.4, -0.2) is 7.05 Å². The van der Waals surface area contributed by atoms with E-state index in [1.807, 2.05) is 43.4 Å². The number of halogens is 2. The highest BCUT2D eigenvalue weighted by molar-refractivity contribution is 6.42. The van der Waals surface area contributed by atoms with Crippen molar-refractivity contribution < 1.29 is 0 Å². The monoisotopic (exact) mass is 280 g/mol. The van der Waals surface area contributed by atoms with Crippen molar-refractivity contribution in [3.63, 3.8) is 0 Å². The lowest BCUT2D eigenvalue weighted by Crippen LogP contribution is -2.17. The topological polar surface area (TPSA) is 29.3 Å². The zero-order valence-corrected chi connectivity index (χ0v) is 11.5. The molecule has 2 aromatic carbocycles. The Labute approximate surface area is 117 Å². The highest BCUT2D eigenvalue weighted by Gasteiger charge is 2.06. The van der Waals surface area contributed by atoms with E-state index in [1.165, 1.54) is 0 Å². The van der Waals surface area contributed by atoms with Gasteiger partial charge in [-0.15, -0.1) is 0 Å². The van der Waals surface area contributed by atoms with Gasteiger partial charge >= 0.3 is 0 Å². The second-order valence-corrected chi connectivity index (χ2v) is 4.98. The fraction of sp³-hybridized carbons (Fsp3) is 0.143. The van der Waals surface area contributed by atoms with Gasteiger partial charge in [-0.05, 0) is 29.8 Å². The van der Waals surface area contributed by atoms with Crippen molar-refractivity contribution in [1.29, 1.82) is 0 Å². The van der Waals surface area contributed by atoms with E-state index in [1.54, 1.807) is 6.07 Å². The Hall–Kier alpha value is -1.38. The number of nitrogen functional groups attached to an aromatic ring is 1. The van der Waals surface area contributed by atoms with Crippen molar-refractivity contribution in [3.05, 3.63) is 58.1 Å². The van der Waals surface area contributed by atoms with Crippen LogP contribution in [0.15, 0.2) is 42.5 Å². The van der Waals surface area contributed by atoms with Gasteiger partial charge in [0.05, 0.1) is 21.4 Å². The van der Waals surface area contributed by atoms with E-state index in [4.69, 9.17) is 28.9 Å². The Kier molecular flexibility index (Phi) is 4.00. The fourth-order valence-corrected chi connectivity index (χ4v) is 2.15. The summed E-state index contributed by atoms with van der Waals surface area (Å²) in [5, 5.41) is 1.14. The Morgan fingerprint density at radius 2 is 1.78 bits per heavy atom. The van der Waals surface area contributed by atoms with Crippen LogP contribution in [0.3, 0.4) is 0 Å². The number of hydrogen-bond acceptors (Lipinski definition) is 2. The Morgan fingerprint density at radius 1 is 1.06 bits per heavy atom. The molecule has 0 radical (unpaired) electrons. The number of rotatable bonds is 3. The minimum atomic E-state index is 0.572. The first-order chi connectivity index (χ1) is 8.58. The lowest BCUT2D eigenvalue weighted by atomic mass is 10.2. The molecule has 2 nitrogen and oxygen atoms in total. The van der Waals surface area contributed by atoms with E-state index >= 15 is 0 Å². The van der Waals surface area contributed by atoms with E-state index in [0.717, 1.165) is 23.5 Å². The lowest BCUT2D eigenvalue weighted by Gasteiger charge is -2.21. The van der Waals surface area contributed by atoms with Crippen LogP contribution in [0.1, 0.15) is 5.56 Å². The highest BCUT2D eigenvalue weighted by Crippen LogP contribution is 2.26. The van der Waals surface area contributed by atoms with Gasteiger partial charge in [0, 0.05) is 13.6 Å². The normalized spacial score (nSPS) is 10.4. The summed E-state index contributed by atoms with van der Waals surface area (Å²) in [6.45, 7) is 0.727. The molecule has 0 unspecified atom stereocenters. The fourth-order valence-electron chi connectivity index (χ4n) is 1.83. The maximum absolute atomic E-state index is 6.00. The summed E-state index contributed by atoms with van der Waals surface area (Å²) < 4.78 is 0. The SMILES string of the molecule is CN(Cc1ccc(Cl)c(Cl)c1)c1ccccc1N. The minimum Gasteiger partial charge on any atom is -0.397 e. The summed E-state index contributed by atoms with van der Waals surface area (Å²) in [6, 6.07) is 13.4. The van der Waals surface area contributed by atoms with E-state index in [9.17, 15) is 0 Å². The molecule has 0 bridgehead atoms. The van der Waals surface area contributed by atoms with Gasteiger partial charge in [0.2, 0.25) is 0 Å². The summed E-state index contributed by atoms with van der Waals surface area (Å²) in [6.07, 6.45) is 0. The Bertz CT molecular complexity index is 555. The first-order valence-corrected chi connectivity index (χ1v) is 6.33. The molecule has 0 saturated heterocycles. The molecule has 0 aromatic heterocycles. The van der Waals surface area contributed by atoms with Gasteiger partial charge in [-0.25, -0.2) is 0 Å². The Balaban J connectivity index is 2.19. The third-order valence-electron chi connectivity index (χ3n) is 2.75. The quantitative estimate of drug-likeness (QED) is 0.854. The molecule has 4 heteroatoms. The third kappa shape index (κ3) is 2.89. The van der Waals surface area contributed by atoms with Crippen molar-refractivity contribution in [3.8, 4) is 0 Å². The summed E-state index contributed by atoms with van der Waals surface area (Å²) in [7, 11) is 1.99. The van der Waals surface area contributed by atoms with Crippen molar-refractivity contribution in [2.45, 2.75) is 6.54 Å². The zero-order valence-electron chi connectivity index (χ0n) is 10.0. The lowest BCUT2D eigenvalue weighted by molar-refractivity contribution is 0.925. The molecule has 0 heterocycles. The van der Waals surface area contributed by atoms with Crippen LogP contribution in [0.5, 0.6) is 0 Å². The van der Waals surface area contributed by atoms with Crippen LogP contribution in [0.2, 0.25) is 10.0 Å². The molecule has 0 aliphatic rings.